The molecule has 108 valence electrons. The highest BCUT2D eigenvalue weighted by Gasteiger charge is 2.17. The Morgan fingerprint density at radius 3 is 2.95 bits per heavy atom. The zero-order chi connectivity index (χ0) is 14.7. The first kappa shape index (κ1) is 14.8. The minimum absolute atomic E-state index is 0.0335. The monoisotopic (exact) mass is 292 g/mol. The van der Waals surface area contributed by atoms with E-state index in [1.54, 1.807) is 0 Å². The summed E-state index contributed by atoms with van der Waals surface area (Å²) in [6.45, 7) is 7.01. The van der Waals surface area contributed by atoms with Gasteiger partial charge in [0.2, 0.25) is 0 Å². The zero-order valence-corrected chi connectivity index (χ0v) is 12.8. The van der Waals surface area contributed by atoms with E-state index < -0.39 is 0 Å². The molecule has 20 heavy (non-hydrogen) atoms. The highest BCUT2D eigenvalue weighted by molar-refractivity contribution is 7.21. The number of nitrogens with one attached hydrogen (secondary N) is 1. The Bertz CT molecular complexity index is 622. The molecule has 2 aromatic rings. The van der Waals surface area contributed by atoms with Crippen LogP contribution in [0.1, 0.15) is 29.1 Å². The van der Waals surface area contributed by atoms with Crippen molar-refractivity contribution in [1.29, 1.82) is 0 Å². The van der Waals surface area contributed by atoms with E-state index in [2.05, 4.69) is 5.32 Å². The molecule has 5 heteroatoms. The molecule has 0 aliphatic rings. The van der Waals surface area contributed by atoms with Gasteiger partial charge in [0.15, 0.2) is 0 Å². The highest BCUT2D eigenvalue weighted by atomic mass is 32.1. The van der Waals surface area contributed by atoms with Crippen LogP contribution in [0.2, 0.25) is 0 Å². The van der Waals surface area contributed by atoms with Crippen molar-refractivity contribution < 1.29 is 9.53 Å². The number of nitrogen functional groups attached to an aromatic ring is 1. The first-order valence-electron chi connectivity index (χ1n) is 6.70. The van der Waals surface area contributed by atoms with Crippen LogP contribution in [0.15, 0.2) is 18.2 Å². The third kappa shape index (κ3) is 3.11. The molecule has 1 unspecified atom stereocenters. The number of nitrogens with two attached hydrogens (primary N) is 1. The van der Waals surface area contributed by atoms with Gasteiger partial charge in [-0.3, -0.25) is 4.79 Å². The van der Waals surface area contributed by atoms with E-state index in [0.717, 1.165) is 15.6 Å². The van der Waals surface area contributed by atoms with Crippen LogP contribution in [0, 0.1) is 6.92 Å². The van der Waals surface area contributed by atoms with E-state index in [9.17, 15) is 4.79 Å². The maximum absolute atomic E-state index is 12.3. The molecule has 1 aromatic heterocycles. The summed E-state index contributed by atoms with van der Waals surface area (Å²) >= 11 is 1.43. The first-order chi connectivity index (χ1) is 9.52. The third-order valence-corrected chi connectivity index (χ3v) is 4.22. The Morgan fingerprint density at radius 2 is 2.25 bits per heavy atom. The molecule has 0 spiro atoms. The summed E-state index contributed by atoms with van der Waals surface area (Å²) in [5.41, 5.74) is 7.81. The molecule has 2 rings (SSSR count). The normalized spacial score (nSPS) is 12.6. The van der Waals surface area contributed by atoms with E-state index in [-0.39, 0.29) is 11.9 Å². The predicted octanol–water partition coefficient (Wildman–Crippen LogP) is 2.95. The number of anilines is 1. The van der Waals surface area contributed by atoms with Gasteiger partial charge in [0.25, 0.3) is 5.91 Å². The number of carbonyl (C=O) groups excluding carboxylic acids is 1. The maximum Gasteiger partial charge on any atom is 0.263 e. The predicted molar refractivity (Wildman–Crippen MR) is 84.4 cm³/mol. The zero-order valence-electron chi connectivity index (χ0n) is 12.0. The van der Waals surface area contributed by atoms with Crippen molar-refractivity contribution in [3.63, 3.8) is 0 Å². The van der Waals surface area contributed by atoms with Crippen LogP contribution in [0.25, 0.3) is 10.1 Å². The molecule has 1 aromatic carbocycles. The fraction of sp³-hybridized carbons (Fsp3) is 0.400. The lowest BCUT2D eigenvalue weighted by molar-refractivity contribution is 0.0876. The van der Waals surface area contributed by atoms with Gasteiger partial charge in [-0.25, -0.2) is 0 Å². The Hall–Kier alpha value is -1.59. The number of thiophene rings is 1. The van der Waals surface area contributed by atoms with Crippen molar-refractivity contribution in [1.82, 2.24) is 5.32 Å². The van der Waals surface area contributed by atoms with Crippen LogP contribution in [-0.4, -0.2) is 25.2 Å². The van der Waals surface area contributed by atoms with Crippen molar-refractivity contribution in [3.8, 4) is 0 Å². The van der Waals surface area contributed by atoms with Crippen LogP contribution in [-0.2, 0) is 4.74 Å². The lowest BCUT2D eigenvalue weighted by Crippen LogP contribution is -2.35. The lowest BCUT2D eigenvalue weighted by atomic mass is 10.1. The van der Waals surface area contributed by atoms with Crippen molar-refractivity contribution in [3.05, 3.63) is 28.6 Å². The van der Waals surface area contributed by atoms with E-state index in [1.807, 2.05) is 39.0 Å². The van der Waals surface area contributed by atoms with E-state index in [1.165, 1.54) is 11.3 Å². The summed E-state index contributed by atoms with van der Waals surface area (Å²) in [6.07, 6.45) is 0. The molecule has 0 fully saturated rings. The largest absolute Gasteiger partial charge is 0.397 e. The van der Waals surface area contributed by atoms with Crippen LogP contribution in [0.4, 0.5) is 5.69 Å². The molecule has 1 amide bonds. The summed E-state index contributed by atoms with van der Waals surface area (Å²) < 4.78 is 6.33. The fourth-order valence-corrected chi connectivity index (χ4v) is 3.03. The number of fused-ring (bicyclic) bond motifs is 1. The molecule has 1 atom stereocenters. The number of aryl methyl sites for hydroxylation is 1. The van der Waals surface area contributed by atoms with Gasteiger partial charge in [-0.1, -0.05) is 11.6 Å². The average Bonchev–Trinajstić information content (AvgIpc) is 2.74. The number of benzene rings is 1. The molecular formula is C15H20N2O2S. The van der Waals surface area contributed by atoms with E-state index in [0.29, 0.717) is 23.8 Å². The number of rotatable bonds is 5. The van der Waals surface area contributed by atoms with Crippen molar-refractivity contribution in [2.24, 2.45) is 0 Å². The highest BCUT2D eigenvalue weighted by Crippen LogP contribution is 2.34. The molecule has 4 nitrogen and oxygen atoms in total. The molecule has 1 heterocycles. The second kappa shape index (κ2) is 6.24. The minimum Gasteiger partial charge on any atom is -0.397 e. The van der Waals surface area contributed by atoms with Gasteiger partial charge < -0.3 is 15.8 Å². The number of amides is 1. The standard InChI is InChI=1S/C15H20N2O2S/c1-4-19-8-10(3)17-15(18)14-13(16)11-7-9(2)5-6-12(11)20-14/h5-7,10H,4,8,16H2,1-3H3,(H,17,18). The molecular weight excluding hydrogens is 272 g/mol. The van der Waals surface area contributed by atoms with Gasteiger partial charge in [0.05, 0.1) is 12.3 Å². The summed E-state index contributed by atoms with van der Waals surface area (Å²) in [6, 6.07) is 6.01. The summed E-state index contributed by atoms with van der Waals surface area (Å²) in [4.78, 5) is 12.8. The van der Waals surface area contributed by atoms with Gasteiger partial charge in [-0.2, -0.15) is 0 Å². The molecule has 0 aliphatic carbocycles. The molecule has 0 bridgehead atoms. The topological polar surface area (TPSA) is 64.3 Å². The molecule has 0 saturated heterocycles. The maximum atomic E-state index is 12.3. The van der Waals surface area contributed by atoms with E-state index in [4.69, 9.17) is 10.5 Å². The lowest BCUT2D eigenvalue weighted by Gasteiger charge is -2.13. The third-order valence-electron chi connectivity index (χ3n) is 3.04. The molecule has 0 saturated carbocycles. The van der Waals surface area contributed by atoms with Crippen molar-refractivity contribution in [2.45, 2.75) is 26.8 Å². The van der Waals surface area contributed by atoms with Crippen LogP contribution >= 0.6 is 11.3 Å². The van der Waals surface area contributed by atoms with Crippen LogP contribution in [0.5, 0.6) is 0 Å². The van der Waals surface area contributed by atoms with Crippen molar-refractivity contribution in [2.75, 3.05) is 18.9 Å². The van der Waals surface area contributed by atoms with Gasteiger partial charge in [0.1, 0.15) is 4.88 Å². The number of ether oxygens (including phenoxy) is 1. The quantitative estimate of drug-likeness (QED) is 0.890. The SMILES string of the molecule is CCOCC(C)NC(=O)c1sc2ccc(C)cc2c1N. The summed E-state index contributed by atoms with van der Waals surface area (Å²) in [5, 5.41) is 3.87. The summed E-state index contributed by atoms with van der Waals surface area (Å²) in [7, 11) is 0. The Kier molecular flexibility index (Phi) is 4.62. The van der Waals surface area contributed by atoms with Crippen LogP contribution < -0.4 is 11.1 Å². The number of carbonyl (C=O) groups is 1. The van der Waals surface area contributed by atoms with Gasteiger partial charge in [0, 0.05) is 22.7 Å². The van der Waals surface area contributed by atoms with E-state index >= 15 is 0 Å². The van der Waals surface area contributed by atoms with Crippen molar-refractivity contribution >= 4 is 33.0 Å². The smallest absolute Gasteiger partial charge is 0.263 e. The van der Waals surface area contributed by atoms with Gasteiger partial charge >= 0.3 is 0 Å². The fourth-order valence-electron chi connectivity index (χ4n) is 2.02. The van der Waals surface area contributed by atoms with Gasteiger partial charge in [-0.05, 0) is 32.9 Å². The van der Waals surface area contributed by atoms with Crippen LogP contribution in [0.3, 0.4) is 0 Å². The average molecular weight is 292 g/mol. The number of hydrogen-bond acceptors (Lipinski definition) is 4. The molecule has 3 N–H and O–H groups in total. The Morgan fingerprint density at radius 1 is 1.50 bits per heavy atom. The Balaban J connectivity index is 2.20. The first-order valence-corrected chi connectivity index (χ1v) is 7.51. The Labute approximate surface area is 122 Å². The molecule has 0 radical (unpaired) electrons. The minimum atomic E-state index is -0.131. The second-order valence-electron chi connectivity index (χ2n) is 4.88. The summed E-state index contributed by atoms with van der Waals surface area (Å²) in [5.74, 6) is -0.131. The molecule has 0 aliphatic heterocycles. The van der Waals surface area contributed by atoms with Gasteiger partial charge in [-0.15, -0.1) is 11.3 Å². The second-order valence-corrected chi connectivity index (χ2v) is 5.93. The number of hydrogen-bond donors (Lipinski definition) is 2.